The van der Waals surface area contributed by atoms with Gasteiger partial charge in [0.15, 0.2) is 0 Å². The summed E-state index contributed by atoms with van der Waals surface area (Å²) in [5.41, 5.74) is 2.91. The lowest BCUT2D eigenvalue weighted by Gasteiger charge is -2.54. The van der Waals surface area contributed by atoms with Gasteiger partial charge in [0.1, 0.15) is 29.9 Å². The van der Waals surface area contributed by atoms with Gasteiger partial charge in [-0.25, -0.2) is 0 Å². The first-order valence-corrected chi connectivity index (χ1v) is 19.7. The first-order valence-electron chi connectivity index (χ1n) is 19.7. The van der Waals surface area contributed by atoms with Crippen LogP contribution >= 0.6 is 0 Å². The fourth-order valence-corrected chi connectivity index (χ4v) is 8.74. The Morgan fingerprint density at radius 2 is 1.64 bits per heavy atom. The summed E-state index contributed by atoms with van der Waals surface area (Å²) < 4.78 is 24.9. The number of ether oxygens (including phenoxy) is 4. The monoisotopic (exact) mass is 806 g/mol. The maximum Gasteiger partial charge on any atom is 0.266 e. The smallest absolute Gasteiger partial charge is 0.266 e. The number of likely N-dealkylation sites (tertiary alicyclic amines) is 2. The summed E-state index contributed by atoms with van der Waals surface area (Å²) in [4.78, 5) is 85.5. The lowest BCUT2D eigenvalue weighted by atomic mass is 9.72. The van der Waals surface area contributed by atoms with Gasteiger partial charge in [-0.15, -0.1) is 0 Å². The predicted octanol–water partition coefficient (Wildman–Crippen LogP) is 2.93. The van der Waals surface area contributed by atoms with Gasteiger partial charge in [0, 0.05) is 62.7 Å². The molecule has 0 bridgehead atoms. The van der Waals surface area contributed by atoms with Crippen LogP contribution in [-0.2, 0) is 32.7 Å². The van der Waals surface area contributed by atoms with E-state index in [1.54, 1.807) is 50.4 Å². The van der Waals surface area contributed by atoms with E-state index < -0.39 is 29.7 Å². The molecule has 6 heterocycles. The Morgan fingerprint density at radius 3 is 2.36 bits per heavy atom. The van der Waals surface area contributed by atoms with E-state index in [2.05, 4.69) is 15.2 Å². The van der Waals surface area contributed by atoms with Gasteiger partial charge in [0.05, 0.1) is 55.9 Å². The Balaban J connectivity index is 0.788. The van der Waals surface area contributed by atoms with Gasteiger partial charge >= 0.3 is 0 Å². The van der Waals surface area contributed by atoms with Gasteiger partial charge in [-0.05, 0) is 73.6 Å². The van der Waals surface area contributed by atoms with E-state index >= 15 is 0 Å². The molecule has 8 rings (SSSR count). The van der Waals surface area contributed by atoms with E-state index in [0.717, 1.165) is 66.0 Å². The maximum atomic E-state index is 13.3. The highest BCUT2D eigenvalue weighted by Crippen LogP contribution is 2.43. The maximum absolute atomic E-state index is 13.3. The number of pyridine rings is 2. The van der Waals surface area contributed by atoms with E-state index in [1.807, 2.05) is 29.3 Å². The van der Waals surface area contributed by atoms with Crippen molar-refractivity contribution >= 4 is 40.3 Å². The Kier molecular flexibility index (Phi) is 10.9. The summed E-state index contributed by atoms with van der Waals surface area (Å²) in [6.45, 7) is 4.28. The molecular weight excluding hydrogens is 761 g/mol. The Morgan fingerprint density at radius 1 is 0.898 bits per heavy atom. The van der Waals surface area contributed by atoms with Crippen molar-refractivity contribution in [2.75, 3.05) is 60.2 Å². The molecule has 59 heavy (non-hydrogen) atoms. The van der Waals surface area contributed by atoms with E-state index in [4.69, 9.17) is 18.9 Å². The first kappa shape index (κ1) is 39.7. The number of imide groups is 2. The number of nitrogens with one attached hydrogen (secondary N) is 1. The molecule has 0 radical (unpaired) electrons. The number of aromatic nitrogens is 2. The summed E-state index contributed by atoms with van der Waals surface area (Å²) in [6.07, 6.45) is 7.37. The number of amides is 5. The molecule has 16 heteroatoms. The molecule has 1 atom stereocenters. The minimum absolute atomic E-state index is 0.0360. The van der Waals surface area contributed by atoms with Crippen molar-refractivity contribution in [2.24, 2.45) is 12.5 Å². The lowest BCUT2D eigenvalue weighted by molar-refractivity contribution is -0.148. The van der Waals surface area contributed by atoms with Crippen LogP contribution in [0.5, 0.6) is 17.2 Å². The van der Waals surface area contributed by atoms with Crippen molar-refractivity contribution < 1.29 is 42.9 Å². The summed E-state index contributed by atoms with van der Waals surface area (Å²) in [6, 6.07) is 9.46. The zero-order chi connectivity index (χ0) is 41.4. The van der Waals surface area contributed by atoms with E-state index in [0.29, 0.717) is 23.4 Å². The van der Waals surface area contributed by atoms with Gasteiger partial charge in [-0.2, -0.15) is 0 Å². The van der Waals surface area contributed by atoms with Gasteiger partial charge < -0.3 is 28.4 Å². The second-order valence-electron chi connectivity index (χ2n) is 15.6. The standard InChI is InChI=1S/C43H46N6O10/c1-46-22-30(27-9-13-44-21-29(27)40(46)53)26-19-34(56-2)31(35(20-26)57-3)23-47-14-11-43(12-15-47)24-48(25-43)37(51)10-16-58-17-18-59-33-6-4-5-28-38(33)42(55)49(41(28)54)32-7-8-36(50)45-39(32)52/h4-6,9,13,19-22,32H,7-8,10-12,14-18,23-25H2,1-3H3,(H,45,50,52). The van der Waals surface area contributed by atoms with Crippen LogP contribution in [0.15, 0.2) is 59.8 Å². The molecule has 0 saturated carbocycles. The minimum Gasteiger partial charge on any atom is -0.496 e. The number of hydrogen-bond donors (Lipinski definition) is 1. The third-order valence-corrected chi connectivity index (χ3v) is 12.0. The van der Waals surface area contributed by atoms with Crippen molar-refractivity contribution in [3.63, 3.8) is 0 Å². The third kappa shape index (κ3) is 7.53. The molecule has 4 aromatic rings. The summed E-state index contributed by atoms with van der Waals surface area (Å²) in [7, 11) is 5.03. The minimum atomic E-state index is -1.06. The molecular formula is C43H46N6O10. The van der Waals surface area contributed by atoms with Crippen LogP contribution < -0.4 is 25.1 Å². The fourth-order valence-electron chi connectivity index (χ4n) is 8.74. The van der Waals surface area contributed by atoms with Crippen LogP contribution in [0, 0.1) is 5.41 Å². The number of rotatable bonds is 13. The van der Waals surface area contributed by atoms with E-state index in [-0.39, 0.29) is 72.8 Å². The molecule has 5 amide bonds. The second kappa shape index (κ2) is 16.3. The van der Waals surface area contributed by atoms with Crippen LogP contribution in [0.4, 0.5) is 0 Å². The average molecular weight is 807 g/mol. The number of methoxy groups -OCH3 is 2. The van der Waals surface area contributed by atoms with Crippen LogP contribution in [0.2, 0.25) is 0 Å². The zero-order valence-corrected chi connectivity index (χ0v) is 33.3. The molecule has 3 saturated heterocycles. The van der Waals surface area contributed by atoms with Crippen molar-refractivity contribution in [2.45, 2.75) is 44.7 Å². The quantitative estimate of drug-likeness (QED) is 0.155. The number of carbonyl (C=O) groups is 5. The molecule has 4 aliphatic heterocycles. The largest absolute Gasteiger partial charge is 0.496 e. The lowest BCUT2D eigenvalue weighted by Crippen LogP contribution is -2.61. The van der Waals surface area contributed by atoms with Crippen molar-refractivity contribution in [1.82, 2.24) is 29.6 Å². The molecule has 0 aliphatic carbocycles. The number of aryl methyl sites for hydroxylation is 1. The van der Waals surface area contributed by atoms with Crippen LogP contribution in [-0.4, -0.2) is 120 Å². The number of fused-ring (bicyclic) bond motifs is 2. The third-order valence-electron chi connectivity index (χ3n) is 12.0. The molecule has 4 aliphatic rings. The molecule has 1 spiro atoms. The van der Waals surface area contributed by atoms with Crippen LogP contribution in [0.1, 0.15) is 58.4 Å². The number of benzene rings is 2. The Bertz CT molecular complexity index is 2390. The first-order chi connectivity index (χ1) is 28.5. The van der Waals surface area contributed by atoms with Crippen LogP contribution in [0.25, 0.3) is 21.9 Å². The predicted molar refractivity (Wildman–Crippen MR) is 213 cm³/mol. The second-order valence-corrected chi connectivity index (χ2v) is 15.6. The molecule has 2 aromatic heterocycles. The average Bonchev–Trinajstić information content (AvgIpc) is 3.48. The van der Waals surface area contributed by atoms with E-state index in [9.17, 15) is 28.8 Å². The number of hydrogen-bond acceptors (Lipinski definition) is 12. The van der Waals surface area contributed by atoms with E-state index in [1.165, 1.54) is 6.07 Å². The summed E-state index contributed by atoms with van der Waals surface area (Å²) in [5.74, 6) is -0.704. The summed E-state index contributed by atoms with van der Waals surface area (Å²) in [5, 5.41) is 3.54. The van der Waals surface area contributed by atoms with Crippen molar-refractivity contribution in [3.05, 3.63) is 82.0 Å². The van der Waals surface area contributed by atoms with Crippen molar-refractivity contribution in [1.29, 1.82) is 0 Å². The molecule has 1 unspecified atom stereocenters. The van der Waals surface area contributed by atoms with Crippen LogP contribution in [0.3, 0.4) is 0 Å². The topological polar surface area (TPSA) is 179 Å². The SMILES string of the molecule is COc1cc(-c2cn(C)c(=O)c3cnccc23)cc(OC)c1CN1CCC2(CC1)CN(C(=O)CCOCCOc1cccc3c1C(=O)N(C1CCC(=O)NC1=O)C3=O)C2. The highest BCUT2D eigenvalue weighted by atomic mass is 16.5. The number of nitrogens with zero attached hydrogens (tertiary/aromatic N) is 5. The van der Waals surface area contributed by atoms with Crippen molar-refractivity contribution in [3.8, 4) is 28.4 Å². The number of carbonyl (C=O) groups excluding carboxylic acids is 5. The molecule has 3 fully saturated rings. The van der Waals surface area contributed by atoms with Gasteiger partial charge in [0.2, 0.25) is 17.7 Å². The fraction of sp³-hybridized carbons (Fsp3) is 0.419. The highest BCUT2D eigenvalue weighted by molar-refractivity contribution is 6.24. The van der Waals surface area contributed by atoms with Gasteiger partial charge in [-0.3, -0.25) is 48.9 Å². The molecule has 308 valence electrons. The normalized spacial score (nSPS) is 18.9. The number of piperidine rings is 2. The Hall–Kier alpha value is -6.13. The zero-order valence-electron chi connectivity index (χ0n) is 33.3. The van der Waals surface area contributed by atoms with Gasteiger partial charge in [-0.1, -0.05) is 6.07 Å². The Labute approximate surface area is 339 Å². The molecule has 1 N–H and O–H groups in total. The molecule has 16 nitrogen and oxygen atoms in total. The summed E-state index contributed by atoms with van der Waals surface area (Å²) >= 11 is 0. The molecule has 2 aromatic carbocycles. The highest BCUT2D eigenvalue weighted by Gasteiger charge is 2.47. The van der Waals surface area contributed by atoms with Gasteiger partial charge in [0.25, 0.3) is 17.4 Å².